The highest BCUT2D eigenvalue weighted by molar-refractivity contribution is 6.04. The third kappa shape index (κ3) is 4.84. The first-order chi connectivity index (χ1) is 21.0. The summed E-state index contributed by atoms with van der Waals surface area (Å²) in [7, 11) is 4.77. The minimum absolute atomic E-state index is 0.109. The monoisotopic (exact) mass is 574 g/mol. The highest BCUT2D eigenvalue weighted by atomic mass is 16.5. The van der Waals surface area contributed by atoms with Gasteiger partial charge >= 0.3 is 0 Å². The quantitative estimate of drug-likeness (QED) is 0.247. The van der Waals surface area contributed by atoms with Crippen LogP contribution < -0.4 is 23.7 Å². The van der Waals surface area contributed by atoms with E-state index in [1.165, 1.54) is 7.11 Å². The molecule has 43 heavy (non-hydrogen) atoms. The highest BCUT2D eigenvalue weighted by Gasteiger charge is 2.24. The number of fused-ring (bicyclic) bond motifs is 2. The van der Waals surface area contributed by atoms with Crippen molar-refractivity contribution in [1.29, 1.82) is 0 Å². The van der Waals surface area contributed by atoms with Crippen LogP contribution in [-0.2, 0) is 19.3 Å². The van der Waals surface area contributed by atoms with Gasteiger partial charge in [-0.15, -0.1) is 0 Å². The molecule has 8 nitrogen and oxygen atoms in total. The van der Waals surface area contributed by atoms with Crippen LogP contribution in [0.4, 0.5) is 0 Å². The van der Waals surface area contributed by atoms with Crippen molar-refractivity contribution in [3.8, 4) is 46.0 Å². The van der Waals surface area contributed by atoms with Crippen LogP contribution in [0.3, 0.4) is 0 Å². The van der Waals surface area contributed by atoms with Crippen LogP contribution in [0.25, 0.3) is 10.8 Å². The van der Waals surface area contributed by atoms with Gasteiger partial charge < -0.3 is 28.8 Å². The van der Waals surface area contributed by atoms with E-state index in [9.17, 15) is 5.11 Å². The van der Waals surface area contributed by atoms with Crippen LogP contribution >= 0.6 is 0 Å². The fourth-order valence-electron chi connectivity index (χ4n) is 5.81. The second-order valence-corrected chi connectivity index (χ2v) is 10.5. The summed E-state index contributed by atoms with van der Waals surface area (Å²) < 4.78 is 29.9. The molecule has 3 aliphatic heterocycles. The maximum Gasteiger partial charge on any atom is 0.202 e. The summed E-state index contributed by atoms with van der Waals surface area (Å²) in [6.07, 6.45) is 3.61. The minimum atomic E-state index is -0.109. The molecule has 216 valence electrons. The molecule has 4 heterocycles. The Morgan fingerprint density at radius 1 is 0.744 bits per heavy atom. The molecule has 8 heteroatoms. The Morgan fingerprint density at radius 3 is 2.30 bits per heavy atom. The Hall–Kier alpha value is -5.24. The van der Waals surface area contributed by atoms with Crippen molar-refractivity contribution < 1.29 is 28.8 Å². The summed E-state index contributed by atoms with van der Waals surface area (Å²) in [5.74, 6) is 3.44. The van der Waals surface area contributed by atoms with E-state index >= 15 is 0 Å². The first kappa shape index (κ1) is 26.6. The zero-order chi connectivity index (χ0) is 29.5. The Bertz CT molecular complexity index is 1900. The normalized spacial score (nSPS) is 13.7. The molecule has 0 radical (unpaired) electrons. The van der Waals surface area contributed by atoms with Crippen molar-refractivity contribution in [2.24, 2.45) is 4.99 Å². The molecule has 6 bridgehead atoms. The zero-order valence-corrected chi connectivity index (χ0v) is 24.1. The highest BCUT2D eigenvalue weighted by Crippen LogP contribution is 2.48. The third-order valence-corrected chi connectivity index (χ3v) is 7.96. The summed E-state index contributed by atoms with van der Waals surface area (Å²) in [6.45, 7) is 0.674. The number of aromatic nitrogens is 1. The molecule has 0 amide bonds. The standard InChI is InChI=1S/C35H30N2O6/c1-39-28-9-6-21-15-26-25-19-31(29(40-2)17-22(25)10-12-36-26)43-35-33-23(18-32(41-3)34(35)38)11-13-37-27(33)14-20-4-7-24(8-5-20)42-30(28)16-21/h4-9,11,13,16-19,38H,10,12,14-15H2,1-3H3. The number of methoxy groups -OCH3 is 3. The van der Waals surface area contributed by atoms with E-state index in [1.54, 1.807) is 26.5 Å². The molecule has 0 saturated heterocycles. The Morgan fingerprint density at radius 2 is 1.51 bits per heavy atom. The van der Waals surface area contributed by atoms with Crippen molar-refractivity contribution in [1.82, 2.24) is 4.98 Å². The number of nitrogens with zero attached hydrogens (tertiary/aromatic N) is 2. The van der Waals surface area contributed by atoms with Gasteiger partial charge in [0.15, 0.2) is 34.5 Å². The van der Waals surface area contributed by atoms with Gasteiger partial charge in [0, 0.05) is 36.9 Å². The molecular formula is C35H30N2O6. The van der Waals surface area contributed by atoms with Gasteiger partial charge in [0.2, 0.25) is 5.75 Å². The number of phenolic OH excluding ortho intramolecular Hbond substituents is 1. The number of ether oxygens (including phenoxy) is 5. The molecule has 0 fully saturated rings. The van der Waals surface area contributed by atoms with Gasteiger partial charge in [-0.2, -0.15) is 0 Å². The van der Waals surface area contributed by atoms with Gasteiger partial charge in [0.1, 0.15) is 5.75 Å². The summed E-state index contributed by atoms with van der Waals surface area (Å²) in [5, 5.41) is 12.9. The smallest absolute Gasteiger partial charge is 0.202 e. The van der Waals surface area contributed by atoms with Gasteiger partial charge in [-0.1, -0.05) is 18.2 Å². The van der Waals surface area contributed by atoms with Crippen molar-refractivity contribution in [2.45, 2.75) is 19.3 Å². The van der Waals surface area contributed by atoms with Gasteiger partial charge in [-0.05, 0) is 77.0 Å². The van der Waals surface area contributed by atoms with E-state index in [-0.39, 0.29) is 11.5 Å². The molecule has 1 aromatic heterocycles. The summed E-state index contributed by atoms with van der Waals surface area (Å²) >= 11 is 0. The van der Waals surface area contributed by atoms with Gasteiger partial charge in [0.25, 0.3) is 0 Å². The zero-order valence-electron chi connectivity index (χ0n) is 24.1. The molecule has 5 aromatic rings. The lowest BCUT2D eigenvalue weighted by Gasteiger charge is -2.22. The van der Waals surface area contributed by atoms with Crippen molar-refractivity contribution in [3.63, 3.8) is 0 Å². The molecule has 0 unspecified atom stereocenters. The summed E-state index contributed by atoms with van der Waals surface area (Å²) in [5.41, 5.74) is 5.82. The van der Waals surface area contributed by atoms with Crippen LogP contribution in [-0.4, -0.2) is 43.7 Å². The predicted octanol–water partition coefficient (Wildman–Crippen LogP) is 7.04. The fraction of sp³-hybridized carbons (Fsp3) is 0.200. The van der Waals surface area contributed by atoms with Crippen LogP contribution in [0.15, 0.2) is 77.9 Å². The molecular weight excluding hydrogens is 544 g/mol. The van der Waals surface area contributed by atoms with Crippen molar-refractivity contribution >= 4 is 16.5 Å². The van der Waals surface area contributed by atoms with E-state index in [2.05, 4.69) is 0 Å². The maximum atomic E-state index is 11.4. The van der Waals surface area contributed by atoms with Crippen LogP contribution in [0.2, 0.25) is 0 Å². The average molecular weight is 575 g/mol. The lowest BCUT2D eigenvalue weighted by atomic mass is 9.93. The number of pyridine rings is 1. The second-order valence-electron chi connectivity index (χ2n) is 10.5. The molecule has 4 aromatic carbocycles. The number of hydrogen-bond donors (Lipinski definition) is 1. The number of rotatable bonds is 3. The Kier molecular flexibility index (Phi) is 6.74. The number of aliphatic imine (C=N–C) groups is 1. The summed E-state index contributed by atoms with van der Waals surface area (Å²) in [4.78, 5) is 9.63. The fourth-order valence-corrected chi connectivity index (χ4v) is 5.81. The topological polar surface area (TPSA) is 91.6 Å². The molecule has 1 N–H and O–H groups in total. The number of phenols is 1. The molecule has 8 rings (SSSR count). The number of benzene rings is 4. The van der Waals surface area contributed by atoms with Gasteiger partial charge in [-0.3, -0.25) is 9.98 Å². The third-order valence-electron chi connectivity index (χ3n) is 7.96. The van der Waals surface area contributed by atoms with Crippen molar-refractivity contribution in [3.05, 3.63) is 101 Å². The molecule has 0 spiro atoms. The van der Waals surface area contributed by atoms with Crippen LogP contribution in [0.5, 0.6) is 46.0 Å². The van der Waals surface area contributed by atoms with Gasteiger partial charge in [0.05, 0.1) is 32.4 Å². The molecule has 0 saturated carbocycles. The van der Waals surface area contributed by atoms with E-state index < -0.39 is 0 Å². The maximum absolute atomic E-state index is 11.4. The van der Waals surface area contributed by atoms with Crippen LogP contribution in [0.1, 0.15) is 27.9 Å². The number of aromatic hydroxyl groups is 1. The summed E-state index contributed by atoms with van der Waals surface area (Å²) in [6, 6.07) is 21.4. The predicted molar refractivity (Wildman–Crippen MR) is 164 cm³/mol. The Labute approximate surface area is 249 Å². The SMILES string of the molecule is COc1ccc2cc1Oc1ccc(cc1)Cc1nccc3cc(OC)c(O)c(c13)Oc1cc3c(cc1OC)CCN=C3C2. The first-order valence-corrected chi connectivity index (χ1v) is 14.1. The number of hydrogen-bond acceptors (Lipinski definition) is 8. The largest absolute Gasteiger partial charge is 0.502 e. The lowest BCUT2D eigenvalue weighted by Crippen LogP contribution is -2.16. The lowest BCUT2D eigenvalue weighted by molar-refractivity contribution is 0.346. The van der Waals surface area contributed by atoms with E-state index in [0.717, 1.165) is 45.5 Å². The first-order valence-electron chi connectivity index (χ1n) is 14.1. The minimum Gasteiger partial charge on any atom is -0.502 e. The van der Waals surface area contributed by atoms with Crippen LogP contribution in [0, 0.1) is 0 Å². The molecule has 3 aliphatic rings. The molecule has 0 aliphatic carbocycles. The Balaban J connectivity index is 1.47. The van der Waals surface area contributed by atoms with E-state index in [4.69, 9.17) is 33.7 Å². The van der Waals surface area contributed by atoms with Gasteiger partial charge in [-0.25, -0.2) is 0 Å². The van der Waals surface area contributed by atoms with Crippen molar-refractivity contribution in [2.75, 3.05) is 27.9 Å². The van der Waals surface area contributed by atoms with E-state index in [0.29, 0.717) is 59.3 Å². The van der Waals surface area contributed by atoms with E-state index in [1.807, 2.05) is 60.7 Å². The average Bonchev–Trinajstić information content (AvgIpc) is 3.03. The second kappa shape index (κ2) is 10.9. The molecule has 0 atom stereocenters.